The lowest BCUT2D eigenvalue weighted by Crippen LogP contribution is -2.31. The molecule has 0 saturated carbocycles. The van der Waals surface area contributed by atoms with Crippen LogP contribution in [0.5, 0.6) is 0 Å². The van der Waals surface area contributed by atoms with E-state index < -0.39 is 10.0 Å². The van der Waals surface area contributed by atoms with Crippen LogP contribution in [0.4, 0.5) is 0 Å². The molecule has 1 atom stereocenters. The number of aromatic amines is 1. The number of nitrogens with one attached hydrogen (secondary N) is 2. The number of amides is 1. The standard InChI is InChI=1S/C21H20N4O3S/c1-2-13-22-29(27,28)16-11-9-15(10-12-16)21(26)25-14-5-8-19(25)20-23-17-6-3-4-7-18(17)24-20/h1,3-4,6-7,9-12,19,22H,5,8,13-14H2,(H,23,24)/t19-/m1/s1. The van der Waals surface area contributed by atoms with Gasteiger partial charge in [-0.1, -0.05) is 18.1 Å². The van der Waals surface area contributed by atoms with Crippen molar-refractivity contribution in [3.8, 4) is 12.3 Å². The third-order valence-electron chi connectivity index (χ3n) is 5.01. The SMILES string of the molecule is C#CCNS(=O)(=O)c1ccc(C(=O)N2CCC[C@@H]2c2nc3ccccc3[nH]2)cc1. The zero-order chi connectivity index (χ0) is 20.4. The summed E-state index contributed by atoms with van der Waals surface area (Å²) in [6.07, 6.45) is 6.81. The first-order chi connectivity index (χ1) is 14.0. The molecule has 0 radical (unpaired) electrons. The molecule has 2 heterocycles. The molecule has 1 aliphatic heterocycles. The van der Waals surface area contributed by atoms with Gasteiger partial charge in [0.25, 0.3) is 5.91 Å². The summed E-state index contributed by atoms with van der Waals surface area (Å²) in [4.78, 5) is 22.9. The van der Waals surface area contributed by atoms with Crippen molar-refractivity contribution in [1.29, 1.82) is 0 Å². The summed E-state index contributed by atoms with van der Waals surface area (Å²) in [5.74, 6) is 2.86. The number of nitrogens with zero attached hydrogens (tertiary/aromatic N) is 2. The topological polar surface area (TPSA) is 95.2 Å². The number of sulfonamides is 1. The zero-order valence-electron chi connectivity index (χ0n) is 15.6. The van der Waals surface area contributed by atoms with Crippen LogP contribution in [0, 0.1) is 12.3 Å². The molecule has 3 aromatic rings. The predicted molar refractivity (Wildman–Crippen MR) is 110 cm³/mol. The Morgan fingerprint density at radius 1 is 1.24 bits per heavy atom. The number of benzene rings is 2. The molecule has 1 saturated heterocycles. The van der Waals surface area contributed by atoms with Crippen LogP contribution in [-0.4, -0.2) is 42.3 Å². The lowest BCUT2D eigenvalue weighted by Gasteiger charge is -2.23. The van der Waals surface area contributed by atoms with E-state index in [1.165, 1.54) is 24.3 Å². The lowest BCUT2D eigenvalue weighted by molar-refractivity contribution is 0.0730. The maximum atomic E-state index is 13.1. The number of aromatic nitrogens is 2. The second-order valence-electron chi connectivity index (χ2n) is 6.85. The predicted octanol–water partition coefficient (Wildman–Crippen LogP) is 2.45. The van der Waals surface area contributed by atoms with E-state index in [0.717, 1.165) is 29.7 Å². The number of imidazole rings is 1. The number of hydrogen-bond donors (Lipinski definition) is 2. The number of rotatable bonds is 5. The highest BCUT2D eigenvalue weighted by Gasteiger charge is 2.32. The van der Waals surface area contributed by atoms with Crippen molar-refractivity contribution < 1.29 is 13.2 Å². The Bertz CT molecular complexity index is 1160. The molecule has 0 bridgehead atoms. The number of hydrogen-bond acceptors (Lipinski definition) is 4. The minimum atomic E-state index is -3.68. The molecular weight excluding hydrogens is 388 g/mol. The molecule has 0 unspecified atom stereocenters. The summed E-state index contributed by atoms with van der Waals surface area (Å²) in [7, 11) is -3.68. The quantitative estimate of drug-likeness (QED) is 0.634. The molecule has 2 aromatic carbocycles. The summed E-state index contributed by atoms with van der Waals surface area (Å²) in [5, 5.41) is 0. The van der Waals surface area contributed by atoms with E-state index in [2.05, 4.69) is 20.6 Å². The second-order valence-corrected chi connectivity index (χ2v) is 8.62. The van der Waals surface area contributed by atoms with Crippen LogP contribution in [-0.2, 0) is 10.0 Å². The van der Waals surface area contributed by atoms with Crippen molar-refractivity contribution in [2.75, 3.05) is 13.1 Å². The van der Waals surface area contributed by atoms with Crippen molar-refractivity contribution in [2.45, 2.75) is 23.8 Å². The summed E-state index contributed by atoms with van der Waals surface area (Å²) in [5.41, 5.74) is 2.25. The molecule has 4 rings (SSSR count). The van der Waals surface area contributed by atoms with Gasteiger partial charge in [0.15, 0.2) is 0 Å². The molecule has 29 heavy (non-hydrogen) atoms. The van der Waals surface area contributed by atoms with Crippen LogP contribution < -0.4 is 4.72 Å². The van der Waals surface area contributed by atoms with E-state index in [4.69, 9.17) is 6.42 Å². The first-order valence-electron chi connectivity index (χ1n) is 9.28. The Morgan fingerprint density at radius 2 is 2.00 bits per heavy atom. The van der Waals surface area contributed by atoms with Crippen LogP contribution in [0.15, 0.2) is 53.4 Å². The fourth-order valence-electron chi connectivity index (χ4n) is 3.59. The van der Waals surface area contributed by atoms with Gasteiger partial charge in [0.1, 0.15) is 5.82 Å². The maximum absolute atomic E-state index is 13.1. The van der Waals surface area contributed by atoms with Crippen molar-refractivity contribution >= 4 is 27.0 Å². The van der Waals surface area contributed by atoms with Crippen molar-refractivity contribution in [1.82, 2.24) is 19.6 Å². The lowest BCUT2D eigenvalue weighted by atomic mass is 10.1. The molecule has 0 spiro atoms. The number of likely N-dealkylation sites (tertiary alicyclic amines) is 1. The Labute approximate surface area is 169 Å². The van der Waals surface area contributed by atoms with Crippen molar-refractivity contribution in [3.05, 3.63) is 59.9 Å². The molecule has 1 fully saturated rings. The molecule has 7 nitrogen and oxygen atoms in total. The van der Waals surface area contributed by atoms with Gasteiger partial charge in [0.05, 0.1) is 28.5 Å². The van der Waals surface area contributed by atoms with E-state index >= 15 is 0 Å². The Kier molecular flexibility index (Phi) is 5.09. The minimum absolute atomic E-state index is 0.0690. The molecule has 0 aliphatic carbocycles. The van der Waals surface area contributed by atoms with Crippen molar-refractivity contribution in [3.63, 3.8) is 0 Å². The zero-order valence-corrected chi connectivity index (χ0v) is 16.4. The third kappa shape index (κ3) is 3.75. The van der Waals surface area contributed by atoms with Gasteiger partial charge in [-0.2, -0.15) is 4.72 Å². The molecule has 1 amide bonds. The first-order valence-corrected chi connectivity index (χ1v) is 10.8. The summed E-state index contributed by atoms with van der Waals surface area (Å²) in [6, 6.07) is 13.5. The number of carbonyl (C=O) groups is 1. The smallest absolute Gasteiger partial charge is 0.254 e. The first kappa shape index (κ1) is 19.2. The van der Waals surface area contributed by atoms with Crippen LogP contribution in [0.2, 0.25) is 0 Å². The molecule has 1 aliphatic rings. The summed E-state index contributed by atoms with van der Waals surface area (Å²) >= 11 is 0. The van der Waals surface area contributed by atoms with Gasteiger partial charge in [-0.05, 0) is 49.2 Å². The Morgan fingerprint density at radius 3 is 2.72 bits per heavy atom. The Balaban J connectivity index is 1.56. The van der Waals surface area contributed by atoms with Gasteiger partial charge in [0, 0.05) is 12.1 Å². The van der Waals surface area contributed by atoms with Crippen LogP contribution in [0.1, 0.15) is 35.1 Å². The highest BCUT2D eigenvalue weighted by Crippen LogP contribution is 2.32. The number of H-pyrrole nitrogens is 1. The van der Waals surface area contributed by atoms with Gasteiger partial charge in [-0.25, -0.2) is 13.4 Å². The Hall–Kier alpha value is -3.15. The van der Waals surface area contributed by atoms with E-state index in [1.54, 1.807) is 4.90 Å². The third-order valence-corrected chi connectivity index (χ3v) is 6.43. The largest absolute Gasteiger partial charge is 0.340 e. The van der Waals surface area contributed by atoms with E-state index in [9.17, 15) is 13.2 Å². The summed E-state index contributed by atoms with van der Waals surface area (Å²) < 4.78 is 26.6. The number of terminal acetylenes is 1. The molecule has 2 N–H and O–H groups in total. The van der Waals surface area contributed by atoms with Gasteiger partial charge in [0.2, 0.25) is 10.0 Å². The fourth-order valence-corrected chi connectivity index (χ4v) is 4.52. The minimum Gasteiger partial charge on any atom is -0.340 e. The monoisotopic (exact) mass is 408 g/mol. The average molecular weight is 408 g/mol. The maximum Gasteiger partial charge on any atom is 0.254 e. The molecule has 148 valence electrons. The number of carbonyl (C=O) groups excluding carboxylic acids is 1. The van der Waals surface area contributed by atoms with Crippen LogP contribution in [0.3, 0.4) is 0 Å². The van der Waals surface area contributed by atoms with Gasteiger partial charge in [-0.15, -0.1) is 6.42 Å². The average Bonchev–Trinajstić information content (AvgIpc) is 3.38. The highest BCUT2D eigenvalue weighted by atomic mass is 32.2. The highest BCUT2D eigenvalue weighted by molar-refractivity contribution is 7.89. The van der Waals surface area contributed by atoms with Gasteiger partial charge < -0.3 is 9.88 Å². The van der Waals surface area contributed by atoms with Gasteiger partial charge in [-0.3, -0.25) is 4.79 Å². The van der Waals surface area contributed by atoms with E-state index in [-0.39, 0.29) is 23.4 Å². The number of fused-ring (bicyclic) bond motifs is 1. The van der Waals surface area contributed by atoms with Crippen LogP contribution in [0.25, 0.3) is 11.0 Å². The second kappa shape index (κ2) is 7.70. The van der Waals surface area contributed by atoms with Gasteiger partial charge >= 0.3 is 0 Å². The van der Waals surface area contributed by atoms with E-state index in [0.29, 0.717) is 12.1 Å². The molecule has 8 heteroatoms. The number of para-hydroxylation sites is 2. The fraction of sp³-hybridized carbons (Fsp3) is 0.238. The van der Waals surface area contributed by atoms with Crippen LogP contribution >= 0.6 is 0 Å². The van der Waals surface area contributed by atoms with E-state index in [1.807, 2.05) is 24.3 Å². The molecular formula is C21H20N4O3S. The normalized spacial score (nSPS) is 16.8. The van der Waals surface area contributed by atoms with Crippen molar-refractivity contribution in [2.24, 2.45) is 0 Å². The molecule has 1 aromatic heterocycles. The summed E-state index contributed by atoms with van der Waals surface area (Å²) in [6.45, 7) is 0.542.